The van der Waals surface area contributed by atoms with E-state index in [1.165, 1.54) is 6.07 Å². The molecule has 0 N–H and O–H groups in total. The normalized spacial score (nSPS) is 12.4. The Labute approximate surface area is 137 Å². The lowest BCUT2D eigenvalue weighted by Crippen LogP contribution is -2.33. The standard InChI is InChI=1S/C14H17ClN2O6/c1-5-22-12(18)10(13(19)23-14(2,3)4)11-8(17(20)21)6-7-9(15)16-11/h6-7,10H,5H2,1-4H3. The lowest BCUT2D eigenvalue weighted by Gasteiger charge is -2.22. The summed E-state index contributed by atoms with van der Waals surface area (Å²) >= 11 is 5.75. The number of hydrogen-bond donors (Lipinski definition) is 0. The van der Waals surface area contributed by atoms with Crippen molar-refractivity contribution in [2.75, 3.05) is 6.61 Å². The van der Waals surface area contributed by atoms with Gasteiger partial charge in [0.15, 0.2) is 0 Å². The second-order valence-electron chi connectivity index (χ2n) is 5.51. The minimum Gasteiger partial charge on any atom is -0.465 e. The summed E-state index contributed by atoms with van der Waals surface area (Å²) in [5.74, 6) is -3.67. The number of hydrogen-bond acceptors (Lipinski definition) is 7. The molecule has 23 heavy (non-hydrogen) atoms. The van der Waals surface area contributed by atoms with Gasteiger partial charge in [-0.05, 0) is 33.8 Å². The maximum Gasteiger partial charge on any atom is 0.327 e. The maximum atomic E-state index is 12.3. The van der Waals surface area contributed by atoms with E-state index in [2.05, 4.69) is 4.98 Å². The predicted molar refractivity (Wildman–Crippen MR) is 81.1 cm³/mol. The topological polar surface area (TPSA) is 109 Å². The van der Waals surface area contributed by atoms with E-state index in [-0.39, 0.29) is 11.8 Å². The second kappa shape index (κ2) is 7.36. The van der Waals surface area contributed by atoms with Crippen LogP contribution in [0, 0.1) is 10.1 Å². The van der Waals surface area contributed by atoms with Crippen molar-refractivity contribution >= 4 is 29.2 Å². The van der Waals surface area contributed by atoms with Gasteiger partial charge in [0, 0.05) is 6.07 Å². The van der Waals surface area contributed by atoms with Crippen molar-refractivity contribution in [2.24, 2.45) is 0 Å². The van der Waals surface area contributed by atoms with Crippen LogP contribution >= 0.6 is 11.6 Å². The van der Waals surface area contributed by atoms with Gasteiger partial charge in [0.2, 0.25) is 5.92 Å². The molecule has 0 aliphatic rings. The Hall–Kier alpha value is -2.22. The number of nitrogens with zero attached hydrogens (tertiary/aromatic N) is 2. The van der Waals surface area contributed by atoms with Gasteiger partial charge in [0.25, 0.3) is 5.69 Å². The number of ether oxygens (including phenoxy) is 2. The van der Waals surface area contributed by atoms with Crippen molar-refractivity contribution in [1.82, 2.24) is 4.98 Å². The Morgan fingerprint density at radius 1 is 1.35 bits per heavy atom. The molecule has 0 saturated carbocycles. The van der Waals surface area contributed by atoms with Crippen LogP contribution in [0.1, 0.15) is 39.3 Å². The Balaban J connectivity index is 3.40. The zero-order valence-corrected chi connectivity index (χ0v) is 13.9. The third-order valence-corrected chi connectivity index (χ3v) is 2.71. The van der Waals surface area contributed by atoms with Crippen LogP contribution in [0.5, 0.6) is 0 Å². The Kier molecular flexibility index (Phi) is 6.03. The summed E-state index contributed by atoms with van der Waals surface area (Å²) in [6, 6.07) is 2.27. The molecule has 0 amide bonds. The van der Waals surface area contributed by atoms with Crippen molar-refractivity contribution in [1.29, 1.82) is 0 Å². The highest BCUT2D eigenvalue weighted by molar-refractivity contribution is 6.29. The van der Waals surface area contributed by atoms with Crippen LogP contribution in [-0.4, -0.2) is 34.1 Å². The number of carbonyl (C=O) groups is 2. The van der Waals surface area contributed by atoms with E-state index >= 15 is 0 Å². The molecule has 0 radical (unpaired) electrons. The zero-order valence-electron chi connectivity index (χ0n) is 13.2. The van der Waals surface area contributed by atoms with E-state index in [9.17, 15) is 19.7 Å². The molecule has 1 atom stereocenters. The highest BCUT2D eigenvalue weighted by atomic mass is 35.5. The van der Waals surface area contributed by atoms with Crippen molar-refractivity contribution in [3.05, 3.63) is 33.1 Å². The summed E-state index contributed by atoms with van der Waals surface area (Å²) in [6.07, 6.45) is 0. The third kappa shape index (κ3) is 5.17. The quantitative estimate of drug-likeness (QED) is 0.265. The van der Waals surface area contributed by atoms with E-state index in [0.29, 0.717) is 0 Å². The summed E-state index contributed by atoms with van der Waals surface area (Å²) < 4.78 is 9.97. The number of carbonyl (C=O) groups excluding carboxylic acids is 2. The van der Waals surface area contributed by atoms with E-state index in [0.717, 1.165) is 6.07 Å². The summed E-state index contributed by atoms with van der Waals surface area (Å²) in [5.41, 5.74) is -1.82. The molecule has 9 heteroatoms. The lowest BCUT2D eigenvalue weighted by atomic mass is 10.0. The molecule has 0 saturated heterocycles. The molecule has 1 rings (SSSR count). The predicted octanol–water partition coefficient (Wildman–Crippen LogP) is 2.63. The maximum absolute atomic E-state index is 12.3. The molecule has 0 aromatic carbocycles. The highest BCUT2D eigenvalue weighted by Gasteiger charge is 2.40. The lowest BCUT2D eigenvalue weighted by molar-refractivity contribution is -0.386. The molecule has 8 nitrogen and oxygen atoms in total. The van der Waals surface area contributed by atoms with Crippen LogP contribution in [0.4, 0.5) is 5.69 Å². The molecule has 0 fully saturated rings. The first kappa shape index (κ1) is 18.8. The van der Waals surface area contributed by atoms with Gasteiger partial charge in [-0.15, -0.1) is 0 Å². The first-order valence-corrected chi connectivity index (χ1v) is 7.15. The first-order chi connectivity index (χ1) is 10.6. The summed E-state index contributed by atoms with van der Waals surface area (Å²) in [5, 5.41) is 11.1. The molecule has 0 bridgehead atoms. The Morgan fingerprint density at radius 2 is 1.96 bits per heavy atom. The fraction of sp³-hybridized carbons (Fsp3) is 0.500. The number of pyridine rings is 1. The van der Waals surface area contributed by atoms with E-state index < -0.39 is 39.8 Å². The zero-order chi connectivity index (χ0) is 17.8. The van der Waals surface area contributed by atoms with Crippen molar-refractivity contribution in [3.63, 3.8) is 0 Å². The van der Waals surface area contributed by atoms with Gasteiger partial charge in [0.1, 0.15) is 16.4 Å². The molecule has 1 aromatic rings. The number of halogens is 1. The monoisotopic (exact) mass is 344 g/mol. The van der Waals surface area contributed by atoms with Crippen LogP contribution in [0.25, 0.3) is 0 Å². The average molecular weight is 345 g/mol. The highest BCUT2D eigenvalue weighted by Crippen LogP contribution is 2.29. The van der Waals surface area contributed by atoms with E-state index in [1.807, 2.05) is 0 Å². The fourth-order valence-corrected chi connectivity index (χ4v) is 1.87. The Bertz CT molecular complexity index is 626. The number of rotatable bonds is 5. The molecular weight excluding hydrogens is 328 g/mol. The van der Waals surface area contributed by atoms with Crippen molar-refractivity contribution < 1.29 is 24.0 Å². The van der Waals surface area contributed by atoms with Crippen LogP contribution in [0.2, 0.25) is 5.15 Å². The van der Waals surface area contributed by atoms with Gasteiger partial charge in [-0.3, -0.25) is 19.7 Å². The van der Waals surface area contributed by atoms with Crippen molar-refractivity contribution in [3.8, 4) is 0 Å². The molecular formula is C14H17ClN2O6. The minimum absolute atomic E-state index is 0.00745. The fourth-order valence-electron chi connectivity index (χ4n) is 1.72. The molecule has 0 aliphatic carbocycles. The molecule has 1 unspecified atom stereocenters. The van der Waals surface area contributed by atoms with E-state index in [4.69, 9.17) is 21.1 Å². The smallest absolute Gasteiger partial charge is 0.327 e. The second-order valence-corrected chi connectivity index (χ2v) is 5.90. The SMILES string of the molecule is CCOC(=O)C(C(=O)OC(C)(C)C)c1nc(Cl)ccc1[N+](=O)[O-]. The van der Waals surface area contributed by atoms with Gasteiger partial charge in [-0.25, -0.2) is 4.98 Å². The van der Waals surface area contributed by atoms with Crippen LogP contribution < -0.4 is 0 Å². The van der Waals surface area contributed by atoms with Crippen molar-refractivity contribution in [2.45, 2.75) is 39.2 Å². The van der Waals surface area contributed by atoms with Gasteiger partial charge in [-0.2, -0.15) is 0 Å². The molecule has 1 aromatic heterocycles. The third-order valence-electron chi connectivity index (χ3n) is 2.50. The van der Waals surface area contributed by atoms with Gasteiger partial charge in [-0.1, -0.05) is 11.6 Å². The molecule has 0 aliphatic heterocycles. The summed E-state index contributed by atoms with van der Waals surface area (Å²) in [6.45, 7) is 6.35. The number of esters is 2. The average Bonchev–Trinajstić information content (AvgIpc) is 2.36. The van der Waals surface area contributed by atoms with Crippen LogP contribution in [-0.2, 0) is 19.1 Å². The molecule has 1 heterocycles. The van der Waals surface area contributed by atoms with Crippen LogP contribution in [0.15, 0.2) is 12.1 Å². The van der Waals surface area contributed by atoms with Gasteiger partial charge < -0.3 is 9.47 Å². The van der Waals surface area contributed by atoms with E-state index in [1.54, 1.807) is 27.7 Å². The summed E-state index contributed by atoms with van der Waals surface area (Å²) in [7, 11) is 0. The summed E-state index contributed by atoms with van der Waals surface area (Å²) in [4.78, 5) is 38.6. The Morgan fingerprint density at radius 3 is 2.43 bits per heavy atom. The minimum atomic E-state index is -1.69. The first-order valence-electron chi connectivity index (χ1n) is 6.77. The largest absolute Gasteiger partial charge is 0.465 e. The van der Waals surface area contributed by atoms with Gasteiger partial charge in [0.05, 0.1) is 11.5 Å². The van der Waals surface area contributed by atoms with Crippen LogP contribution in [0.3, 0.4) is 0 Å². The van der Waals surface area contributed by atoms with Gasteiger partial charge >= 0.3 is 11.9 Å². The molecule has 126 valence electrons. The number of nitro groups is 1. The number of aromatic nitrogens is 1. The molecule has 0 spiro atoms.